The average Bonchev–Trinajstić information content (AvgIpc) is 2.27. The Kier molecular flexibility index (Phi) is 8.22. The minimum atomic E-state index is -0.375. The number of rotatable bonds is 9. The van der Waals surface area contributed by atoms with Crippen LogP contribution in [0, 0.1) is 16.7 Å². The lowest BCUT2D eigenvalue weighted by atomic mass is 9.93. The van der Waals surface area contributed by atoms with Crippen molar-refractivity contribution in [3.63, 3.8) is 0 Å². The topological polar surface area (TPSA) is 45.0 Å². The Morgan fingerprint density at radius 1 is 1.06 bits per heavy atom. The van der Waals surface area contributed by atoms with Crippen LogP contribution < -0.4 is 5.32 Å². The third-order valence-electron chi connectivity index (χ3n) is 3.03. The van der Waals surface area contributed by atoms with Gasteiger partial charge >= 0.3 is 0 Å². The van der Waals surface area contributed by atoms with Gasteiger partial charge < -0.3 is 4.74 Å². The quantitative estimate of drug-likeness (QED) is 0.640. The van der Waals surface area contributed by atoms with Crippen molar-refractivity contribution in [3.05, 3.63) is 0 Å². The summed E-state index contributed by atoms with van der Waals surface area (Å²) < 4.78 is 5.61. The van der Waals surface area contributed by atoms with Crippen LogP contribution in [0.1, 0.15) is 60.3 Å². The zero-order chi connectivity index (χ0) is 14.1. The number of nitrogens with one attached hydrogen (secondary N) is 1. The molecular weight excluding hydrogens is 224 g/mol. The van der Waals surface area contributed by atoms with Crippen LogP contribution in [-0.2, 0) is 4.74 Å². The predicted octanol–water partition coefficient (Wildman–Crippen LogP) is 3.50. The van der Waals surface area contributed by atoms with Crippen molar-refractivity contribution in [2.45, 2.75) is 65.8 Å². The molecule has 3 heteroatoms. The molecule has 0 spiro atoms. The van der Waals surface area contributed by atoms with E-state index in [1.165, 1.54) is 0 Å². The molecule has 1 N–H and O–H groups in total. The molecule has 0 bridgehead atoms. The van der Waals surface area contributed by atoms with Gasteiger partial charge in [0, 0.05) is 13.2 Å². The van der Waals surface area contributed by atoms with Crippen LogP contribution >= 0.6 is 0 Å². The first kappa shape index (κ1) is 17.4. The highest BCUT2D eigenvalue weighted by Gasteiger charge is 2.21. The summed E-state index contributed by atoms with van der Waals surface area (Å²) in [5, 5.41) is 12.3. The third-order valence-corrected chi connectivity index (χ3v) is 3.03. The van der Waals surface area contributed by atoms with E-state index >= 15 is 0 Å². The second-order valence-electron chi connectivity index (χ2n) is 6.35. The summed E-state index contributed by atoms with van der Waals surface area (Å²) in [7, 11) is 0. The average molecular weight is 254 g/mol. The molecule has 0 heterocycles. The Hall–Kier alpha value is -0.590. The second-order valence-corrected chi connectivity index (χ2v) is 6.35. The van der Waals surface area contributed by atoms with Gasteiger partial charge in [-0.15, -0.1) is 0 Å². The lowest BCUT2D eigenvalue weighted by Crippen LogP contribution is -2.40. The maximum Gasteiger partial charge on any atom is 0.103 e. The molecule has 0 radical (unpaired) electrons. The number of unbranched alkanes of at least 4 members (excludes halogenated alkanes) is 1. The molecule has 0 saturated heterocycles. The van der Waals surface area contributed by atoms with Crippen LogP contribution in [0.25, 0.3) is 0 Å². The van der Waals surface area contributed by atoms with Crippen LogP contribution in [0.4, 0.5) is 0 Å². The van der Waals surface area contributed by atoms with Crippen LogP contribution in [-0.4, -0.2) is 25.3 Å². The van der Waals surface area contributed by atoms with Crippen LogP contribution in [0.15, 0.2) is 0 Å². The van der Waals surface area contributed by atoms with Crippen molar-refractivity contribution in [1.29, 1.82) is 5.26 Å². The molecule has 0 aromatic carbocycles. The van der Waals surface area contributed by atoms with Gasteiger partial charge in [-0.2, -0.15) is 5.26 Å². The molecule has 0 fully saturated rings. The summed E-state index contributed by atoms with van der Waals surface area (Å²) in [4.78, 5) is 0. The lowest BCUT2D eigenvalue weighted by molar-refractivity contribution is 0.104. The largest absolute Gasteiger partial charge is 0.381 e. The fourth-order valence-electron chi connectivity index (χ4n) is 1.74. The molecule has 3 nitrogen and oxygen atoms in total. The Bertz CT molecular complexity index is 252. The SMILES string of the molecule is CCNC(C)(C#N)CCCCOCCC(C)(C)C. The van der Waals surface area contributed by atoms with E-state index < -0.39 is 0 Å². The van der Waals surface area contributed by atoms with Crippen LogP contribution in [0.2, 0.25) is 0 Å². The molecule has 1 atom stereocenters. The first-order chi connectivity index (χ1) is 8.33. The molecule has 0 rings (SSSR count). The second kappa shape index (κ2) is 8.50. The summed E-state index contributed by atoms with van der Waals surface area (Å²) in [6.45, 7) is 13.2. The van der Waals surface area contributed by atoms with E-state index in [9.17, 15) is 0 Å². The minimum absolute atomic E-state index is 0.352. The monoisotopic (exact) mass is 254 g/mol. The van der Waals surface area contributed by atoms with E-state index in [4.69, 9.17) is 10.00 Å². The van der Waals surface area contributed by atoms with Crippen molar-refractivity contribution in [2.24, 2.45) is 5.41 Å². The summed E-state index contributed by atoms with van der Waals surface area (Å²) in [5.41, 5.74) is -0.0232. The van der Waals surface area contributed by atoms with Gasteiger partial charge in [0.2, 0.25) is 0 Å². The summed E-state index contributed by atoms with van der Waals surface area (Å²) in [5.74, 6) is 0. The van der Waals surface area contributed by atoms with Crippen molar-refractivity contribution < 1.29 is 4.74 Å². The highest BCUT2D eigenvalue weighted by molar-refractivity contribution is 5.03. The number of hydrogen-bond acceptors (Lipinski definition) is 3. The molecule has 0 saturated carbocycles. The fraction of sp³-hybridized carbons (Fsp3) is 0.933. The third kappa shape index (κ3) is 9.44. The minimum Gasteiger partial charge on any atom is -0.381 e. The molecule has 0 aromatic heterocycles. The molecule has 1 unspecified atom stereocenters. The molecule has 106 valence electrons. The fourth-order valence-corrected chi connectivity index (χ4v) is 1.74. The van der Waals surface area contributed by atoms with Gasteiger partial charge in [-0.05, 0) is 44.6 Å². The zero-order valence-electron chi connectivity index (χ0n) is 12.8. The van der Waals surface area contributed by atoms with Gasteiger partial charge in [-0.3, -0.25) is 5.32 Å². The van der Waals surface area contributed by atoms with Crippen LogP contribution in [0.3, 0.4) is 0 Å². The number of hydrogen-bond donors (Lipinski definition) is 1. The first-order valence-electron chi connectivity index (χ1n) is 7.07. The predicted molar refractivity (Wildman–Crippen MR) is 76.4 cm³/mol. The first-order valence-corrected chi connectivity index (χ1v) is 7.07. The van der Waals surface area contributed by atoms with Crippen molar-refractivity contribution in [2.75, 3.05) is 19.8 Å². The van der Waals surface area contributed by atoms with Crippen molar-refractivity contribution >= 4 is 0 Å². The smallest absolute Gasteiger partial charge is 0.103 e. The molecule has 0 aliphatic rings. The van der Waals surface area contributed by atoms with E-state index in [2.05, 4.69) is 32.2 Å². The molecule has 0 amide bonds. The summed E-state index contributed by atoms with van der Waals surface area (Å²) in [6, 6.07) is 2.35. The van der Waals surface area contributed by atoms with E-state index in [1.54, 1.807) is 0 Å². The lowest BCUT2D eigenvalue weighted by Gasteiger charge is -2.22. The van der Waals surface area contributed by atoms with Gasteiger partial charge in [-0.1, -0.05) is 27.7 Å². The summed E-state index contributed by atoms with van der Waals surface area (Å²) in [6.07, 6.45) is 4.06. The Morgan fingerprint density at radius 3 is 2.22 bits per heavy atom. The molecule has 18 heavy (non-hydrogen) atoms. The van der Waals surface area contributed by atoms with E-state index in [0.29, 0.717) is 5.41 Å². The maximum absolute atomic E-state index is 9.10. The van der Waals surface area contributed by atoms with Crippen molar-refractivity contribution in [3.8, 4) is 6.07 Å². The molecule has 0 aromatic rings. The molecular formula is C15H30N2O. The van der Waals surface area contributed by atoms with E-state index in [0.717, 1.165) is 45.4 Å². The molecule has 0 aliphatic heterocycles. The van der Waals surface area contributed by atoms with Crippen LogP contribution in [0.5, 0.6) is 0 Å². The highest BCUT2D eigenvalue weighted by Crippen LogP contribution is 2.18. The summed E-state index contributed by atoms with van der Waals surface area (Å²) >= 11 is 0. The number of nitrogens with zero attached hydrogens (tertiary/aromatic N) is 1. The number of nitriles is 1. The van der Waals surface area contributed by atoms with Gasteiger partial charge in [0.1, 0.15) is 5.54 Å². The number of ether oxygens (including phenoxy) is 1. The Morgan fingerprint density at radius 2 is 1.72 bits per heavy atom. The van der Waals surface area contributed by atoms with Crippen molar-refractivity contribution in [1.82, 2.24) is 5.32 Å². The highest BCUT2D eigenvalue weighted by atomic mass is 16.5. The normalized spacial score (nSPS) is 15.1. The van der Waals surface area contributed by atoms with Gasteiger partial charge in [0.25, 0.3) is 0 Å². The molecule has 0 aliphatic carbocycles. The van der Waals surface area contributed by atoms with Gasteiger partial charge in [0.05, 0.1) is 6.07 Å². The van der Waals surface area contributed by atoms with E-state index in [-0.39, 0.29) is 5.54 Å². The maximum atomic E-state index is 9.10. The van der Waals surface area contributed by atoms with Gasteiger partial charge in [0.15, 0.2) is 0 Å². The van der Waals surface area contributed by atoms with Gasteiger partial charge in [-0.25, -0.2) is 0 Å². The standard InChI is InChI=1S/C15H30N2O/c1-6-17-15(5,13-16)9-7-8-11-18-12-10-14(2,3)4/h17H,6-12H2,1-5H3. The Labute approximate surface area is 113 Å². The van der Waals surface area contributed by atoms with E-state index in [1.807, 2.05) is 13.8 Å². The zero-order valence-corrected chi connectivity index (χ0v) is 12.8. The Balaban J connectivity index is 3.54.